The Bertz CT molecular complexity index is 715. The van der Waals surface area contributed by atoms with Crippen LogP contribution in [0.2, 0.25) is 5.02 Å². The van der Waals surface area contributed by atoms with E-state index >= 15 is 0 Å². The van der Waals surface area contributed by atoms with Crippen LogP contribution in [0, 0.1) is 20.2 Å². The fourth-order valence-electron chi connectivity index (χ4n) is 1.77. The fraction of sp³-hybridized carbons (Fsp3) is 0.182. The Hall–Kier alpha value is -2.68. The van der Waals surface area contributed by atoms with Crippen LogP contribution in [0.25, 0.3) is 0 Å². The van der Waals surface area contributed by atoms with Crippen LogP contribution in [-0.4, -0.2) is 26.7 Å². The minimum atomic E-state index is -0.705. The highest BCUT2D eigenvalue weighted by Gasteiger charge is 2.20. The van der Waals surface area contributed by atoms with Crippen molar-refractivity contribution >= 4 is 23.1 Å². The van der Waals surface area contributed by atoms with Crippen molar-refractivity contribution < 1.29 is 14.6 Å². The maximum Gasteiger partial charge on any atom is 0.408 e. The summed E-state index contributed by atoms with van der Waals surface area (Å²) in [5, 5.41) is 25.1. The molecule has 0 saturated carbocycles. The lowest BCUT2D eigenvalue weighted by molar-refractivity contribution is -0.389. The van der Waals surface area contributed by atoms with E-state index in [4.69, 9.17) is 16.3 Å². The van der Waals surface area contributed by atoms with Crippen LogP contribution in [0.5, 0.6) is 5.75 Å². The highest BCUT2D eigenvalue weighted by molar-refractivity contribution is 6.32. The molecule has 0 aliphatic heterocycles. The number of halogens is 1. The zero-order chi connectivity index (χ0) is 15.6. The van der Waals surface area contributed by atoms with E-state index in [9.17, 15) is 20.2 Å². The van der Waals surface area contributed by atoms with Gasteiger partial charge in [-0.05, 0) is 11.0 Å². The monoisotopic (exact) mass is 312 g/mol. The molecule has 110 valence electrons. The molecule has 0 radical (unpaired) electrons. The summed E-state index contributed by atoms with van der Waals surface area (Å²) >= 11 is 5.70. The molecule has 2 rings (SSSR count). The molecule has 10 heteroatoms. The van der Waals surface area contributed by atoms with E-state index in [0.29, 0.717) is 11.3 Å². The Labute approximate surface area is 123 Å². The SMILES string of the molecule is COc1ccc([N+](=O)[O-])cc1Cn1cc(Cl)c([N+](=O)[O-])n1. The van der Waals surface area contributed by atoms with Gasteiger partial charge in [-0.2, -0.15) is 4.68 Å². The Balaban J connectivity index is 2.38. The van der Waals surface area contributed by atoms with Gasteiger partial charge < -0.3 is 14.9 Å². The maximum absolute atomic E-state index is 10.8. The summed E-state index contributed by atoms with van der Waals surface area (Å²) in [6, 6.07) is 4.08. The van der Waals surface area contributed by atoms with Gasteiger partial charge in [0.05, 0.1) is 29.9 Å². The highest BCUT2D eigenvalue weighted by atomic mass is 35.5. The van der Waals surface area contributed by atoms with E-state index in [1.54, 1.807) is 0 Å². The molecular weight excluding hydrogens is 304 g/mol. The second-order valence-corrected chi connectivity index (χ2v) is 4.42. The average molecular weight is 313 g/mol. The summed E-state index contributed by atoms with van der Waals surface area (Å²) in [5.41, 5.74) is 0.347. The van der Waals surface area contributed by atoms with E-state index in [2.05, 4.69) is 5.10 Å². The van der Waals surface area contributed by atoms with Gasteiger partial charge in [-0.3, -0.25) is 10.1 Å². The summed E-state index contributed by atoms with van der Waals surface area (Å²) in [5.74, 6) is -0.0593. The van der Waals surface area contributed by atoms with E-state index in [0.717, 1.165) is 0 Å². The van der Waals surface area contributed by atoms with E-state index in [-0.39, 0.29) is 17.3 Å². The van der Waals surface area contributed by atoms with Crippen LogP contribution < -0.4 is 4.74 Å². The third kappa shape index (κ3) is 3.08. The molecular formula is C11H9ClN4O5. The lowest BCUT2D eigenvalue weighted by Gasteiger charge is -2.06. The number of aromatic nitrogens is 2. The molecule has 0 saturated heterocycles. The van der Waals surface area contributed by atoms with Crippen molar-refractivity contribution in [1.29, 1.82) is 0 Å². The smallest absolute Gasteiger partial charge is 0.408 e. The van der Waals surface area contributed by atoms with Crippen molar-refractivity contribution in [2.24, 2.45) is 0 Å². The normalized spacial score (nSPS) is 10.4. The summed E-state index contributed by atoms with van der Waals surface area (Å²) in [6.07, 6.45) is 1.28. The first-order valence-corrected chi connectivity index (χ1v) is 5.99. The van der Waals surface area contributed by atoms with Gasteiger partial charge >= 0.3 is 5.82 Å². The molecule has 0 amide bonds. The number of non-ortho nitro benzene ring substituents is 1. The summed E-state index contributed by atoms with van der Waals surface area (Å²) in [7, 11) is 1.42. The molecule has 1 aromatic carbocycles. The Kier molecular flexibility index (Phi) is 4.03. The van der Waals surface area contributed by atoms with Gasteiger partial charge in [-0.25, -0.2) is 0 Å². The van der Waals surface area contributed by atoms with Crippen molar-refractivity contribution in [2.75, 3.05) is 7.11 Å². The van der Waals surface area contributed by atoms with Crippen molar-refractivity contribution in [3.05, 3.63) is 55.2 Å². The van der Waals surface area contributed by atoms with Crippen LogP contribution in [0.4, 0.5) is 11.5 Å². The predicted molar refractivity (Wildman–Crippen MR) is 72.6 cm³/mol. The zero-order valence-electron chi connectivity index (χ0n) is 10.7. The van der Waals surface area contributed by atoms with Crippen LogP contribution in [-0.2, 0) is 6.54 Å². The van der Waals surface area contributed by atoms with Crippen LogP contribution >= 0.6 is 11.6 Å². The molecule has 2 aromatic rings. The second kappa shape index (κ2) is 5.75. The third-order valence-corrected chi connectivity index (χ3v) is 2.95. The number of benzene rings is 1. The molecule has 0 bridgehead atoms. The number of methoxy groups -OCH3 is 1. The van der Waals surface area contributed by atoms with Gasteiger partial charge in [-0.15, -0.1) is 0 Å². The fourth-order valence-corrected chi connectivity index (χ4v) is 1.99. The van der Waals surface area contributed by atoms with Crippen LogP contribution in [0.3, 0.4) is 0 Å². The van der Waals surface area contributed by atoms with E-state index in [1.165, 1.54) is 36.2 Å². The Morgan fingerprint density at radius 2 is 2.05 bits per heavy atom. The molecule has 0 aliphatic carbocycles. The van der Waals surface area contributed by atoms with Crippen molar-refractivity contribution in [3.63, 3.8) is 0 Å². The summed E-state index contributed by atoms with van der Waals surface area (Å²) < 4.78 is 6.33. The zero-order valence-corrected chi connectivity index (χ0v) is 11.5. The number of rotatable bonds is 5. The second-order valence-electron chi connectivity index (χ2n) is 4.01. The van der Waals surface area contributed by atoms with Crippen molar-refractivity contribution in [1.82, 2.24) is 9.78 Å². The first kappa shape index (κ1) is 14.7. The van der Waals surface area contributed by atoms with E-state index in [1.807, 2.05) is 0 Å². The van der Waals surface area contributed by atoms with Gasteiger partial charge in [-0.1, -0.05) is 11.6 Å². The van der Waals surface area contributed by atoms with Gasteiger partial charge in [0.15, 0.2) is 5.02 Å². The van der Waals surface area contributed by atoms with Gasteiger partial charge in [0.1, 0.15) is 5.75 Å². The minimum Gasteiger partial charge on any atom is -0.496 e. The van der Waals surface area contributed by atoms with Crippen molar-refractivity contribution in [2.45, 2.75) is 6.54 Å². The van der Waals surface area contributed by atoms with Gasteiger partial charge in [0.25, 0.3) is 5.69 Å². The quantitative estimate of drug-likeness (QED) is 0.618. The molecule has 21 heavy (non-hydrogen) atoms. The standard InChI is InChI=1S/C11H9ClN4O5/c1-21-10-3-2-8(15(17)18)4-7(10)5-14-6-9(12)11(13-14)16(19)20/h2-4,6H,5H2,1H3. The Morgan fingerprint density at radius 1 is 1.33 bits per heavy atom. The summed E-state index contributed by atoms with van der Waals surface area (Å²) in [6.45, 7) is 0.0540. The average Bonchev–Trinajstić information content (AvgIpc) is 2.79. The van der Waals surface area contributed by atoms with Gasteiger partial charge in [0.2, 0.25) is 0 Å². The molecule has 0 atom stereocenters. The maximum atomic E-state index is 10.8. The molecule has 0 aliphatic rings. The minimum absolute atomic E-state index is 0.0540. The lowest BCUT2D eigenvalue weighted by atomic mass is 10.2. The number of nitro groups is 2. The predicted octanol–water partition coefficient (Wildman–Crippen LogP) is 2.41. The number of nitrogens with zero attached hydrogens (tertiary/aromatic N) is 4. The van der Waals surface area contributed by atoms with Crippen LogP contribution in [0.15, 0.2) is 24.4 Å². The number of hydrogen-bond donors (Lipinski definition) is 0. The van der Waals surface area contributed by atoms with E-state index < -0.39 is 15.7 Å². The largest absolute Gasteiger partial charge is 0.496 e. The lowest BCUT2D eigenvalue weighted by Crippen LogP contribution is -2.04. The first-order chi connectivity index (χ1) is 9.92. The molecule has 1 aromatic heterocycles. The topological polar surface area (TPSA) is 113 Å². The summed E-state index contributed by atoms with van der Waals surface area (Å²) in [4.78, 5) is 20.2. The molecule has 0 fully saturated rings. The molecule has 0 unspecified atom stereocenters. The highest BCUT2D eigenvalue weighted by Crippen LogP contribution is 2.27. The molecule has 9 nitrogen and oxygen atoms in total. The number of ether oxygens (including phenoxy) is 1. The van der Waals surface area contributed by atoms with Gasteiger partial charge in [0, 0.05) is 17.7 Å². The molecule has 0 spiro atoms. The molecule has 0 N–H and O–H groups in total. The third-order valence-electron chi connectivity index (χ3n) is 2.68. The number of nitro benzene ring substituents is 1. The molecule has 1 heterocycles. The first-order valence-electron chi connectivity index (χ1n) is 5.61. The Morgan fingerprint density at radius 3 is 2.57 bits per heavy atom. The van der Waals surface area contributed by atoms with Crippen molar-refractivity contribution in [3.8, 4) is 5.75 Å². The number of hydrogen-bond acceptors (Lipinski definition) is 6. The van der Waals surface area contributed by atoms with Crippen LogP contribution in [0.1, 0.15) is 5.56 Å².